The monoisotopic (exact) mass is 532 g/mol. The zero-order valence-corrected chi connectivity index (χ0v) is 22.5. The second-order valence-corrected chi connectivity index (χ2v) is 9.29. The molecule has 0 fully saturated rings. The zero-order valence-electron chi connectivity index (χ0n) is 21.7. The fourth-order valence-corrected chi connectivity index (χ4v) is 4.37. The molecule has 0 aliphatic heterocycles. The molecule has 0 N–H and O–H groups in total. The minimum absolute atomic E-state index is 0.261. The molecular formula is C31H30ClFN2O3. The van der Waals surface area contributed by atoms with Crippen LogP contribution in [0.3, 0.4) is 0 Å². The molecule has 0 aliphatic rings. The minimum Gasteiger partial charge on any atom is -0.494 e. The van der Waals surface area contributed by atoms with Crippen molar-refractivity contribution >= 4 is 29.7 Å². The molecule has 0 radical (unpaired) electrons. The number of rotatable bonds is 10. The fourth-order valence-electron chi connectivity index (χ4n) is 4.14. The van der Waals surface area contributed by atoms with Crippen LogP contribution in [0, 0.1) is 12.7 Å². The van der Waals surface area contributed by atoms with Gasteiger partial charge in [0.25, 0.3) is 0 Å². The maximum atomic E-state index is 15.1. The summed E-state index contributed by atoms with van der Waals surface area (Å²) in [6, 6.07) is 18.4. The van der Waals surface area contributed by atoms with Gasteiger partial charge >= 0.3 is 5.97 Å². The number of benzene rings is 3. The van der Waals surface area contributed by atoms with E-state index in [4.69, 9.17) is 21.3 Å². The molecule has 38 heavy (non-hydrogen) atoms. The Hall–Kier alpha value is -3.90. The number of halogens is 2. The Morgan fingerprint density at radius 2 is 1.89 bits per heavy atom. The van der Waals surface area contributed by atoms with Crippen molar-refractivity contribution in [2.45, 2.75) is 33.2 Å². The van der Waals surface area contributed by atoms with Gasteiger partial charge in [0, 0.05) is 35.3 Å². The van der Waals surface area contributed by atoms with Crippen LogP contribution in [0.15, 0.2) is 66.9 Å². The normalized spacial score (nSPS) is 11.2. The van der Waals surface area contributed by atoms with Gasteiger partial charge in [-0.1, -0.05) is 41.9 Å². The predicted molar refractivity (Wildman–Crippen MR) is 151 cm³/mol. The van der Waals surface area contributed by atoms with Gasteiger partial charge in [0.15, 0.2) is 0 Å². The van der Waals surface area contributed by atoms with Crippen LogP contribution in [0.4, 0.5) is 4.39 Å². The first-order valence-corrected chi connectivity index (χ1v) is 12.9. The van der Waals surface area contributed by atoms with Crippen molar-refractivity contribution in [3.63, 3.8) is 0 Å². The summed E-state index contributed by atoms with van der Waals surface area (Å²) in [6.45, 7) is 5.18. The van der Waals surface area contributed by atoms with Crippen LogP contribution in [-0.2, 0) is 16.1 Å². The van der Waals surface area contributed by atoms with E-state index < -0.39 is 0 Å². The van der Waals surface area contributed by atoms with Crippen LogP contribution in [0.1, 0.15) is 36.7 Å². The lowest BCUT2D eigenvalue weighted by atomic mass is 10.0. The highest BCUT2D eigenvalue weighted by Gasteiger charge is 2.11. The smallest absolute Gasteiger partial charge is 0.305 e. The average molecular weight is 533 g/mol. The molecule has 0 atom stereocenters. The van der Waals surface area contributed by atoms with E-state index in [0.717, 1.165) is 40.3 Å². The van der Waals surface area contributed by atoms with Crippen LogP contribution >= 0.6 is 11.6 Å². The molecule has 0 spiro atoms. The van der Waals surface area contributed by atoms with Gasteiger partial charge in [0.1, 0.15) is 17.4 Å². The highest BCUT2D eigenvalue weighted by atomic mass is 35.5. The van der Waals surface area contributed by atoms with E-state index in [0.29, 0.717) is 35.8 Å². The van der Waals surface area contributed by atoms with Gasteiger partial charge in [-0.15, -0.1) is 0 Å². The Bertz CT molecular complexity index is 1460. The SMILES string of the molecule is CCn1cc(-c2ccc(Cl)cc2C)nc1/C=C/c1ccc(-c2cccc(OCCCC(=O)OC)c2)cc1F. The summed E-state index contributed by atoms with van der Waals surface area (Å²) >= 11 is 6.11. The molecule has 4 rings (SSSR count). The number of ether oxygens (including phenoxy) is 2. The molecule has 0 saturated heterocycles. The Balaban J connectivity index is 1.48. The lowest BCUT2D eigenvalue weighted by Gasteiger charge is -2.09. The lowest BCUT2D eigenvalue weighted by molar-refractivity contribution is -0.140. The van der Waals surface area contributed by atoms with Crippen LogP contribution in [0.25, 0.3) is 34.5 Å². The number of hydrogen-bond donors (Lipinski definition) is 0. The van der Waals surface area contributed by atoms with E-state index in [1.165, 1.54) is 13.2 Å². The number of carbonyl (C=O) groups excluding carboxylic acids is 1. The van der Waals surface area contributed by atoms with Crippen LogP contribution in [0.2, 0.25) is 5.02 Å². The van der Waals surface area contributed by atoms with Gasteiger partial charge < -0.3 is 14.0 Å². The van der Waals surface area contributed by atoms with Gasteiger partial charge in [-0.05, 0) is 79.4 Å². The van der Waals surface area contributed by atoms with Crippen LogP contribution in [-0.4, -0.2) is 29.2 Å². The summed E-state index contributed by atoms with van der Waals surface area (Å²) in [4.78, 5) is 16.0. The van der Waals surface area contributed by atoms with Crippen LogP contribution in [0.5, 0.6) is 5.75 Å². The first-order valence-electron chi connectivity index (χ1n) is 12.5. The quantitative estimate of drug-likeness (QED) is 0.154. The summed E-state index contributed by atoms with van der Waals surface area (Å²) < 4.78 is 27.5. The molecule has 0 aliphatic carbocycles. The lowest BCUT2D eigenvalue weighted by Crippen LogP contribution is -2.04. The molecule has 0 saturated carbocycles. The number of aromatic nitrogens is 2. The molecule has 7 heteroatoms. The number of imidazole rings is 1. The zero-order chi connectivity index (χ0) is 27.1. The molecule has 0 amide bonds. The van der Waals surface area contributed by atoms with E-state index in [-0.39, 0.29) is 11.8 Å². The maximum absolute atomic E-state index is 15.1. The van der Waals surface area contributed by atoms with Crippen LogP contribution < -0.4 is 4.74 Å². The maximum Gasteiger partial charge on any atom is 0.305 e. The van der Waals surface area contributed by atoms with Gasteiger partial charge in [-0.3, -0.25) is 4.79 Å². The second kappa shape index (κ2) is 12.6. The summed E-state index contributed by atoms with van der Waals surface area (Å²) in [6.07, 6.45) is 6.44. The second-order valence-electron chi connectivity index (χ2n) is 8.86. The van der Waals surface area contributed by atoms with Crippen molar-refractivity contribution in [2.24, 2.45) is 0 Å². The number of carbonyl (C=O) groups is 1. The van der Waals surface area contributed by atoms with Gasteiger partial charge in [-0.2, -0.15) is 0 Å². The molecule has 4 aromatic rings. The van der Waals surface area contributed by atoms with Crippen molar-refractivity contribution in [3.8, 4) is 28.1 Å². The number of aryl methyl sites for hydroxylation is 2. The highest BCUT2D eigenvalue weighted by molar-refractivity contribution is 6.30. The van der Waals surface area contributed by atoms with E-state index in [1.54, 1.807) is 12.1 Å². The number of nitrogens with zero attached hydrogens (tertiary/aromatic N) is 2. The molecular weight excluding hydrogens is 503 g/mol. The minimum atomic E-state index is -0.327. The van der Waals surface area contributed by atoms with Gasteiger partial charge in [0.2, 0.25) is 0 Å². The van der Waals surface area contributed by atoms with Crippen molar-refractivity contribution < 1.29 is 18.7 Å². The van der Waals surface area contributed by atoms with Crippen molar-refractivity contribution in [1.29, 1.82) is 0 Å². The van der Waals surface area contributed by atoms with Crippen molar-refractivity contribution in [1.82, 2.24) is 9.55 Å². The number of methoxy groups -OCH3 is 1. The van der Waals surface area contributed by atoms with Crippen molar-refractivity contribution in [2.75, 3.05) is 13.7 Å². The topological polar surface area (TPSA) is 53.4 Å². The summed E-state index contributed by atoms with van der Waals surface area (Å²) in [5.74, 6) is 0.821. The highest BCUT2D eigenvalue weighted by Crippen LogP contribution is 2.28. The Morgan fingerprint density at radius 3 is 2.63 bits per heavy atom. The Kier molecular flexibility index (Phi) is 8.98. The number of esters is 1. The molecule has 196 valence electrons. The predicted octanol–water partition coefficient (Wildman–Crippen LogP) is 7.84. The summed E-state index contributed by atoms with van der Waals surface area (Å²) in [7, 11) is 1.37. The molecule has 3 aromatic carbocycles. The molecule has 0 bridgehead atoms. The average Bonchev–Trinajstić information content (AvgIpc) is 3.33. The largest absolute Gasteiger partial charge is 0.494 e. The van der Waals surface area contributed by atoms with E-state index in [2.05, 4.69) is 4.74 Å². The van der Waals surface area contributed by atoms with E-state index >= 15 is 4.39 Å². The summed E-state index contributed by atoms with van der Waals surface area (Å²) in [5, 5.41) is 0.690. The molecule has 1 aromatic heterocycles. The molecule has 5 nitrogen and oxygen atoms in total. The van der Waals surface area contributed by atoms with E-state index in [1.807, 2.05) is 79.2 Å². The fraction of sp³-hybridized carbons (Fsp3) is 0.226. The Morgan fingerprint density at radius 1 is 1.08 bits per heavy atom. The first kappa shape index (κ1) is 27.1. The van der Waals surface area contributed by atoms with Gasteiger partial charge in [-0.25, -0.2) is 9.37 Å². The van der Waals surface area contributed by atoms with E-state index in [9.17, 15) is 4.79 Å². The third kappa shape index (κ3) is 6.69. The number of hydrogen-bond acceptors (Lipinski definition) is 4. The van der Waals surface area contributed by atoms with Gasteiger partial charge in [0.05, 0.1) is 19.4 Å². The standard InChI is InChI=1S/C31H30ClFN2O3/c1-4-35-20-29(27-14-13-25(32)17-21(27)2)34-30(35)15-12-22-10-11-24(19-28(22)33)23-7-5-8-26(18-23)38-16-6-9-31(36)37-3/h5,7-8,10-15,17-20H,4,6,9,16H2,1-3H3/b15-12+. The summed E-state index contributed by atoms with van der Waals surface area (Å²) in [5.41, 5.74) is 4.97. The third-order valence-electron chi connectivity index (χ3n) is 6.21. The third-order valence-corrected chi connectivity index (χ3v) is 6.45. The molecule has 0 unspecified atom stereocenters. The molecule has 1 heterocycles. The first-order chi connectivity index (χ1) is 18.4. The Labute approximate surface area is 227 Å². The van der Waals surface area contributed by atoms with Crippen molar-refractivity contribution in [3.05, 3.63) is 94.7 Å².